The lowest BCUT2D eigenvalue weighted by molar-refractivity contribution is -0.123. The Labute approximate surface area is 169 Å². The second-order valence-electron chi connectivity index (χ2n) is 6.65. The summed E-state index contributed by atoms with van der Waals surface area (Å²) in [6.45, 7) is 0.196. The fourth-order valence-corrected chi connectivity index (χ4v) is 3.53. The minimum Gasteiger partial charge on any atom is -0.303 e. The molecule has 142 valence electrons. The maximum Gasteiger partial charge on any atom is 0.329 e. The number of hydrogen-bond acceptors (Lipinski definition) is 3. The maximum absolute atomic E-state index is 12.7. The number of carbonyl (C=O) groups excluding carboxylic acids is 2. The van der Waals surface area contributed by atoms with E-state index in [-0.39, 0.29) is 23.8 Å². The predicted molar refractivity (Wildman–Crippen MR) is 109 cm³/mol. The van der Waals surface area contributed by atoms with E-state index in [9.17, 15) is 14.4 Å². The topological polar surface area (TPSA) is 76.3 Å². The number of carbonyl (C=O) groups is 2. The van der Waals surface area contributed by atoms with Gasteiger partial charge in [-0.15, -0.1) is 0 Å². The highest BCUT2D eigenvalue weighted by atomic mass is 79.9. The number of hydrogen-bond donors (Lipinski definition) is 1. The Hall–Kier alpha value is -3.13. The largest absolute Gasteiger partial charge is 0.329 e. The molecule has 0 bridgehead atoms. The number of nitrogens with zero attached hydrogens (tertiary/aromatic N) is 3. The van der Waals surface area contributed by atoms with Crippen molar-refractivity contribution < 1.29 is 9.59 Å². The fraction of sp³-hybridized carbons (Fsp3) is 0.150. The first kappa shape index (κ1) is 18.2. The molecule has 1 saturated heterocycles. The summed E-state index contributed by atoms with van der Waals surface area (Å²) in [6, 6.07) is 12.4. The molecule has 7 nitrogen and oxygen atoms in total. The number of nitrogens with one attached hydrogen (secondary N) is 1. The van der Waals surface area contributed by atoms with Gasteiger partial charge in [-0.25, -0.2) is 9.59 Å². The van der Waals surface area contributed by atoms with Gasteiger partial charge in [0, 0.05) is 18.6 Å². The summed E-state index contributed by atoms with van der Waals surface area (Å²) in [6.07, 6.45) is 1.62. The zero-order chi connectivity index (χ0) is 20.0. The van der Waals surface area contributed by atoms with Gasteiger partial charge in [0.15, 0.2) is 0 Å². The van der Waals surface area contributed by atoms with E-state index in [0.717, 1.165) is 26.6 Å². The van der Waals surface area contributed by atoms with Crippen LogP contribution in [0, 0.1) is 0 Å². The van der Waals surface area contributed by atoms with Crippen LogP contribution in [0.5, 0.6) is 0 Å². The predicted octanol–water partition coefficient (Wildman–Crippen LogP) is 2.73. The molecule has 1 aliphatic heterocycles. The molecule has 1 aromatic heterocycles. The zero-order valence-electron chi connectivity index (χ0n) is 15.3. The second-order valence-corrected chi connectivity index (χ2v) is 7.57. The van der Waals surface area contributed by atoms with Gasteiger partial charge in [-0.1, -0.05) is 34.1 Å². The average molecular weight is 441 g/mol. The van der Waals surface area contributed by atoms with Gasteiger partial charge in [0.05, 0.1) is 17.6 Å². The lowest BCUT2D eigenvalue weighted by Gasteiger charge is -2.11. The van der Waals surface area contributed by atoms with Crippen molar-refractivity contribution in [3.8, 4) is 0 Å². The highest BCUT2D eigenvalue weighted by Crippen LogP contribution is 2.20. The van der Waals surface area contributed by atoms with E-state index in [1.807, 2.05) is 42.5 Å². The molecule has 1 aliphatic rings. The molecule has 2 heterocycles. The first-order valence-corrected chi connectivity index (χ1v) is 9.39. The van der Waals surface area contributed by atoms with E-state index in [4.69, 9.17) is 0 Å². The van der Waals surface area contributed by atoms with Crippen molar-refractivity contribution in [2.75, 3.05) is 0 Å². The van der Waals surface area contributed by atoms with Crippen molar-refractivity contribution in [3.05, 3.63) is 74.2 Å². The van der Waals surface area contributed by atoms with E-state index in [0.29, 0.717) is 0 Å². The molecule has 0 spiro atoms. The van der Waals surface area contributed by atoms with Crippen LogP contribution in [0.15, 0.2) is 57.4 Å². The van der Waals surface area contributed by atoms with Crippen LogP contribution < -0.4 is 11.0 Å². The van der Waals surface area contributed by atoms with Gasteiger partial charge in [0.2, 0.25) is 0 Å². The van der Waals surface area contributed by atoms with Gasteiger partial charge in [-0.2, -0.15) is 0 Å². The summed E-state index contributed by atoms with van der Waals surface area (Å²) < 4.78 is 4.04. The van der Waals surface area contributed by atoms with Gasteiger partial charge in [-0.05, 0) is 41.5 Å². The first-order valence-electron chi connectivity index (χ1n) is 8.59. The monoisotopic (exact) mass is 440 g/mol. The normalized spacial score (nSPS) is 15.7. The van der Waals surface area contributed by atoms with Crippen LogP contribution in [0.2, 0.25) is 0 Å². The third kappa shape index (κ3) is 3.05. The van der Waals surface area contributed by atoms with Crippen LogP contribution in [0.4, 0.5) is 4.79 Å². The number of fused-ring (bicyclic) bond motifs is 1. The summed E-state index contributed by atoms with van der Waals surface area (Å²) in [5, 5.41) is 2.63. The smallest absolute Gasteiger partial charge is 0.303 e. The average Bonchev–Trinajstić information content (AvgIpc) is 3.06. The number of imidazole rings is 1. The summed E-state index contributed by atoms with van der Waals surface area (Å²) in [5.74, 6) is -0.380. The van der Waals surface area contributed by atoms with E-state index < -0.39 is 6.03 Å². The molecule has 0 aliphatic carbocycles. The Morgan fingerprint density at radius 2 is 1.64 bits per heavy atom. The molecule has 3 amide bonds. The number of imide groups is 1. The van der Waals surface area contributed by atoms with Crippen molar-refractivity contribution in [2.24, 2.45) is 14.1 Å². The third-order valence-corrected chi connectivity index (χ3v) is 5.35. The molecule has 0 unspecified atom stereocenters. The van der Waals surface area contributed by atoms with Crippen LogP contribution in [0.3, 0.4) is 0 Å². The maximum atomic E-state index is 12.7. The Bertz CT molecular complexity index is 1200. The molecule has 2 aromatic carbocycles. The van der Waals surface area contributed by atoms with Crippen molar-refractivity contribution in [1.29, 1.82) is 0 Å². The van der Waals surface area contributed by atoms with Crippen molar-refractivity contribution in [2.45, 2.75) is 6.54 Å². The Balaban J connectivity index is 1.63. The van der Waals surface area contributed by atoms with Crippen LogP contribution in [-0.2, 0) is 25.4 Å². The highest BCUT2D eigenvalue weighted by Gasteiger charge is 2.33. The minimum absolute atomic E-state index is 0.120. The summed E-state index contributed by atoms with van der Waals surface area (Å²) in [7, 11) is 3.41. The Kier molecular flexibility index (Phi) is 4.43. The van der Waals surface area contributed by atoms with Gasteiger partial charge in [-0.3, -0.25) is 18.8 Å². The number of rotatable bonds is 3. The molecule has 0 saturated carbocycles. The molecule has 0 radical (unpaired) electrons. The van der Waals surface area contributed by atoms with E-state index in [1.165, 1.54) is 4.90 Å². The molecule has 1 N–H and O–H groups in total. The molecule has 28 heavy (non-hydrogen) atoms. The van der Waals surface area contributed by atoms with Crippen molar-refractivity contribution in [3.63, 3.8) is 0 Å². The molecule has 8 heteroatoms. The highest BCUT2D eigenvalue weighted by molar-refractivity contribution is 9.10. The van der Waals surface area contributed by atoms with Crippen LogP contribution in [0.25, 0.3) is 17.1 Å². The SMILES string of the molecule is Cn1c(=O)n(C)c2cc(C=C3NC(=O)N(Cc4ccc(Br)cc4)C3=O)ccc21. The lowest BCUT2D eigenvalue weighted by atomic mass is 10.1. The Morgan fingerprint density at radius 3 is 2.36 bits per heavy atom. The standard InChI is InChI=1S/C20H17BrN4O3/c1-23-16-8-5-13(10-17(16)24(2)20(23)28)9-15-18(26)25(19(27)22-15)11-12-3-6-14(21)7-4-12/h3-10H,11H2,1-2H3,(H,22,27). The van der Waals surface area contributed by atoms with E-state index >= 15 is 0 Å². The Morgan fingerprint density at radius 1 is 0.964 bits per heavy atom. The fourth-order valence-electron chi connectivity index (χ4n) is 3.27. The molecule has 1 fully saturated rings. The van der Waals surface area contributed by atoms with Crippen molar-refractivity contribution >= 4 is 45.0 Å². The van der Waals surface area contributed by atoms with Crippen LogP contribution in [0.1, 0.15) is 11.1 Å². The first-order chi connectivity index (χ1) is 13.3. The van der Waals surface area contributed by atoms with E-state index in [2.05, 4.69) is 21.2 Å². The number of amides is 3. The number of aryl methyl sites for hydroxylation is 2. The number of urea groups is 1. The molecule has 3 aromatic rings. The molecule has 4 rings (SSSR count). The van der Waals surface area contributed by atoms with Crippen LogP contribution in [-0.4, -0.2) is 26.0 Å². The van der Waals surface area contributed by atoms with E-state index in [1.54, 1.807) is 29.3 Å². The minimum atomic E-state index is -0.452. The van der Waals surface area contributed by atoms with Gasteiger partial charge in [0.25, 0.3) is 5.91 Å². The lowest BCUT2D eigenvalue weighted by Crippen LogP contribution is -2.30. The summed E-state index contributed by atoms with van der Waals surface area (Å²) in [4.78, 5) is 38.2. The third-order valence-electron chi connectivity index (χ3n) is 4.82. The van der Waals surface area contributed by atoms with Crippen LogP contribution >= 0.6 is 15.9 Å². The summed E-state index contributed by atoms with van der Waals surface area (Å²) >= 11 is 3.36. The zero-order valence-corrected chi connectivity index (χ0v) is 16.9. The summed E-state index contributed by atoms with van der Waals surface area (Å²) in [5.41, 5.74) is 3.23. The second kappa shape index (κ2) is 6.79. The van der Waals surface area contributed by atoms with Gasteiger partial charge >= 0.3 is 11.7 Å². The van der Waals surface area contributed by atoms with Crippen molar-refractivity contribution in [1.82, 2.24) is 19.4 Å². The quantitative estimate of drug-likeness (QED) is 0.502. The molecule has 0 atom stereocenters. The number of benzene rings is 2. The number of halogens is 1. The van der Waals surface area contributed by atoms with Gasteiger partial charge in [0.1, 0.15) is 5.70 Å². The molecular formula is C20H17BrN4O3. The number of aromatic nitrogens is 2. The van der Waals surface area contributed by atoms with Gasteiger partial charge < -0.3 is 5.32 Å². The molecular weight excluding hydrogens is 424 g/mol.